The molecule has 2 saturated heterocycles. The molecule has 4 amide bonds. The fourth-order valence-corrected chi connectivity index (χ4v) is 5.55. The van der Waals surface area contributed by atoms with E-state index in [2.05, 4.69) is 10.6 Å². The van der Waals surface area contributed by atoms with Crippen LogP contribution in [-0.4, -0.2) is 70.5 Å². The highest BCUT2D eigenvalue weighted by molar-refractivity contribution is 8.00. The summed E-state index contributed by atoms with van der Waals surface area (Å²) < 4.78 is 10.1. The third-order valence-electron chi connectivity index (χ3n) is 5.94. The van der Waals surface area contributed by atoms with E-state index in [1.54, 1.807) is 6.92 Å². The number of fused-ring (bicyclic) bond motifs is 1. The van der Waals surface area contributed by atoms with Gasteiger partial charge in [-0.1, -0.05) is 36.4 Å². The zero-order valence-corrected chi connectivity index (χ0v) is 21.4. The fraction of sp³-hybridized carbons (Fsp3) is 0.480. The second kappa shape index (κ2) is 13.7. The summed E-state index contributed by atoms with van der Waals surface area (Å²) in [5.74, 6) is -1.50. The first-order valence-electron chi connectivity index (χ1n) is 12.1. The highest BCUT2D eigenvalue weighted by atomic mass is 32.2. The number of hydrogen-bond donors (Lipinski definition) is 3. The minimum absolute atomic E-state index is 0.000113. The number of primary amides is 1. The molecule has 2 fully saturated rings. The molecule has 0 aliphatic carbocycles. The molecule has 2 aliphatic rings. The van der Waals surface area contributed by atoms with Gasteiger partial charge in [0.15, 0.2) is 0 Å². The van der Waals surface area contributed by atoms with Crippen molar-refractivity contribution >= 4 is 41.5 Å². The molecule has 2 heterocycles. The van der Waals surface area contributed by atoms with Crippen molar-refractivity contribution in [3.05, 3.63) is 48.0 Å². The maximum Gasteiger partial charge on any atom is 0.408 e. The number of alkyl carbamates (subject to hydrolysis) is 1. The van der Waals surface area contributed by atoms with Gasteiger partial charge in [-0.05, 0) is 31.7 Å². The fourth-order valence-electron chi connectivity index (χ4n) is 4.12. The summed E-state index contributed by atoms with van der Waals surface area (Å²) in [5.41, 5.74) is 6.07. The summed E-state index contributed by atoms with van der Waals surface area (Å²) in [7, 11) is 0. The van der Waals surface area contributed by atoms with Gasteiger partial charge < -0.3 is 30.7 Å². The van der Waals surface area contributed by atoms with Crippen LogP contribution in [0.15, 0.2) is 42.5 Å². The molecule has 1 unspecified atom stereocenters. The molecule has 2 aliphatic heterocycles. The van der Waals surface area contributed by atoms with Gasteiger partial charge in [0.1, 0.15) is 18.7 Å². The molecule has 0 radical (unpaired) electrons. The van der Waals surface area contributed by atoms with Crippen LogP contribution < -0.4 is 16.4 Å². The number of piperidine rings is 1. The number of rotatable bonds is 11. The Balaban J connectivity index is 1.60. The summed E-state index contributed by atoms with van der Waals surface area (Å²) in [5, 5.41) is 5.24. The Kier molecular flexibility index (Phi) is 10.4. The molecule has 11 nitrogen and oxygen atoms in total. The zero-order valence-electron chi connectivity index (χ0n) is 20.6. The van der Waals surface area contributed by atoms with Crippen LogP contribution in [0.25, 0.3) is 0 Å². The number of nitrogens with two attached hydrogens (primary N) is 1. The van der Waals surface area contributed by atoms with E-state index >= 15 is 0 Å². The normalized spacial score (nSPS) is 21.7. The number of thioether (sulfide) groups is 1. The molecule has 0 saturated carbocycles. The number of nitrogens with zero attached hydrogens (tertiary/aromatic N) is 1. The maximum absolute atomic E-state index is 13.2. The number of hydrogen-bond acceptors (Lipinski definition) is 8. The largest absolute Gasteiger partial charge is 0.463 e. The van der Waals surface area contributed by atoms with Gasteiger partial charge in [-0.3, -0.25) is 14.4 Å². The van der Waals surface area contributed by atoms with Gasteiger partial charge in [0.05, 0.1) is 12.0 Å². The number of carbonyl (C=O) groups is 5. The highest BCUT2D eigenvalue weighted by Gasteiger charge is 2.47. The van der Waals surface area contributed by atoms with Crippen LogP contribution in [0.5, 0.6) is 0 Å². The molecular formula is C25H32N4O7S. The standard InChI is InChI=1S/C25H32N4O7S/c1-2-35-22(31)13-9-17(8-11-20(26)30)27-23(32)19-15-37-21-12-10-18(24(33)29(19)21)28-25(34)36-14-16-6-4-3-5-7-16/h3-7,9,13,17-19,21H,2,8,10-12,14-15H2,1H3,(H2,26,30)(H,27,32)(H,28,34)/b13-9+/t17-,18-,19-,21?/m0/s1. The van der Waals surface area contributed by atoms with Gasteiger partial charge in [-0.15, -0.1) is 11.8 Å². The predicted molar refractivity (Wildman–Crippen MR) is 136 cm³/mol. The Bertz CT molecular complexity index is 1020. The number of amides is 4. The van der Waals surface area contributed by atoms with Crippen LogP contribution in [0.4, 0.5) is 4.79 Å². The van der Waals surface area contributed by atoms with E-state index in [0.29, 0.717) is 18.6 Å². The van der Waals surface area contributed by atoms with Gasteiger partial charge >= 0.3 is 12.1 Å². The van der Waals surface area contributed by atoms with Crippen molar-refractivity contribution in [3.8, 4) is 0 Å². The third-order valence-corrected chi connectivity index (χ3v) is 7.29. The van der Waals surface area contributed by atoms with E-state index in [-0.39, 0.29) is 37.3 Å². The summed E-state index contributed by atoms with van der Waals surface area (Å²) >= 11 is 1.50. The first-order chi connectivity index (χ1) is 17.8. The van der Waals surface area contributed by atoms with Crippen LogP contribution in [0.2, 0.25) is 0 Å². The number of ether oxygens (including phenoxy) is 2. The van der Waals surface area contributed by atoms with E-state index in [4.69, 9.17) is 15.2 Å². The molecule has 37 heavy (non-hydrogen) atoms. The van der Waals surface area contributed by atoms with Gasteiger partial charge in [0.25, 0.3) is 0 Å². The van der Waals surface area contributed by atoms with Gasteiger partial charge in [-0.25, -0.2) is 9.59 Å². The summed E-state index contributed by atoms with van der Waals surface area (Å²) in [4.78, 5) is 63.2. The molecule has 4 N–H and O–H groups in total. The minimum Gasteiger partial charge on any atom is -0.463 e. The predicted octanol–water partition coefficient (Wildman–Crippen LogP) is 1.21. The highest BCUT2D eigenvalue weighted by Crippen LogP contribution is 2.36. The third kappa shape index (κ3) is 8.24. The van der Waals surface area contributed by atoms with Crippen molar-refractivity contribution in [3.63, 3.8) is 0 Å². The van der Waals surface area contributed by atoms with Crippen molar-refractivity contribution in [2.45, 2.75) is 62.7 Å². The lowest BCUT2D eigenvalue weighted by Gasteiger charge is -2.37. The Labute approximate surface area is 219 Å². The molecular weight excluding hydrogens is 500 g/mol. The van der Waals surface area contributed by atoms with Gasteiger partial charge in [0, 0.05) is 24.3 Å². The van der Waals surface area contributed by atoms with Gasteiger partial charge in [-0.2, -0.15) is 0 Å². The number of esters is 1. The first-order valence-corrected chi connectivity index (χ1v) is 13.2. The zero-order chi connectivity index (χ0) is 26.8. The van der Waals surface area contributed by atoms with Crippen LogP contribution in [-0.2, 0) is 35.3 Å². The maximum atomic E-state index is 13.2. The number of benzene rings is 1. The quantitative estimate of drug-likeness (QED) is 0.284. The van der Waals surface area contributed by atoms with E-state index < -0.39 is 42.0 Å². The Morgan fingerprint density at radius 3 is 2.65 bits per heavy atom. The molecule has 4 atom stereocenters. The van der Waals surface area contributed by atoms with E-state index in [0.717, 1.165) is 5.56 Å². The Hall–Kier alpha value is -3.54. The number of carbonyl (C=O) groups excluding carboxylic acids is 5. The van der Waals surface area contributed by atoms with Crippen LogP contribution >= 0.6 is 11.8 Å². The van der Waals surface area contributed by atoms with E-state index in [1.807, 2.05) is 30.3 Å². The molecule has 1 aromatic carbocycles. The van der Waals surface area contributed by atoms with E-state index in [1.165, 1.54) is 28.8 Å². The molecule has 3 rings (SSSR count). The smallest absolute Gasteiger partial charge is 0.408 e. The Morgan fingerprint density at radius 1 is 1.19 bits per heavy atom. The van der Waals surface area contributed by atoms with Crippen LogP contribution in [0.3, 0.4) is 0 Å². The van der Waals surface area contributed by atoms with Crippen molar-refractivity contribution in [1.82, 2.24) is 15.5 Å². The summed E-state index contributed by atoms with van der Waals surface area (Å²) in [6, 6.07) is 6.96. The molecule has 0 aromatic heterocycles. The molecule has 12 heteroatoms. The Morgan fingerprint density at radius 2 is 1.95 bits per heavy atom. The molecule has 1 aromatic rings. The summed E-state index contributed by atoms with van der Waals surface area (Å²) in [6.45, 7) is 1.95. The first kappa shape index (κ1) is 28.0. The molecule has 200 valence electrons. The van der Waals surface area contributed by atoms with Crippen LogP contribution in [0.1, 0.15) is 38.2 Å². The van der Waals surface area contributed by atoms with Crippen molar-refractivity contribution < 1.29 is 33.4 Å². The second-order valence-corrected chi connectivity index (χ2v) is 9.83. The van der Waals surface area contributed by atoms with Crippen LogP contribution in [0, 0.1) is 0 Å². The second-order valence-electron chi connectivity index (χ2n) is 8.62. The lowest BCUT2D eigenvalue weighted by molar-refractivity contribution is -0.143. The minimum atomic E-state index is -0.803. The lowest BCUT2D eigenvalue weighted by Crippen LogP contribution is -2.59. The SMILES string of the molecule is CCOC(=O)/C=C/[C@H](CCC(N)=O)NC(=O)[C@@H]1CSC2CC[C@H](NC(=O)OCc3ccccc3)C(=O)N21. The summed E-state index contributed by atoms with van der Waals surface area (Å²) in [6.07, 6.45) is 3.16. The molecule has 0 bridgehead atoms. The van der Waals surface area contributed by atoms with Crippen molar-refractivity contribution in [2.75, 3.05) is 12.4 Å². The average Bonchev–Trinajstić information content (AvgIpc) is 3.32. The topological polar surface area (TPSA) is 157 Å². The van der Waals surface area contributed by atoms with Gasteiger partial charge in [0.2, 0.25) is 17.7 Å². The average molecular weight is 533 g/mol. The van der Waals surface area contributed by atoms with E-state index in [9.17, 15) is 24.0 Å². The number of nitrogens with one attached hydrogen (secondary N) is 2. The monoisotopic (exact) mass is 532 g/mol. The molecule has 0 spiro atoms. The lowest BCUT2D eigenvalue weighted by atomic mass is 10.0. The van der Waals surface area contributed by atoms with Crippen molar-refractivity contribution in [2.24, 2.45) is 5.73 Å². The van der Waals surface area contributed by atoms with Crippen molar-refractivity contribution in [1.29, 1.82) is 0 Å².